The minimum Gasteiger partial charge on any atom is -0.421 e. The number of nitrogens with one attached hydrogen (secondary N) is 2. The molecule has 5 nitrogen and oxygen atoms in total. The first-order valence-corrected chi connectivity index (χ1v) is 8.26. The first-order valence-electron chi connectivity index (χ1n) is 7.50. The lowest BCUT2D eigenvalue weighted by atomic mass is 9.96. The molecule has 1 aromatic heterocycles. The van der Waals surface area contributed by atoms with Crippen LogP contribution in [-0.4, -0.2) is 5.91 Å². The van der Waals surface area contributed by atoms with E-state index in [1.54, 1.807) is 37.3 Å². The zero-order valence-corrected chi connectivity index (χ0v) is 14.5. The lowest BCUT2D eigenvalue weighted by Gasteiger charge is -2.37. The van der Waals surface area contributed by atoms with Crippen molar-refractivity contribution in [1.82, 2.24) is 5.32 Å². The van der Waals surface area contributed by atoms with Gasteiger partial charge < -0.3 is 15.1 Å². The molecule has 0 saturated carbocycles. The van der Waals surface area contributed by atoms with Crippen LogP contribution >= 0.6 is 23.2 Å². The maximum atomic E-state index is 12.5. The van der Waals surface area contributed by atoms with E-state index in [9.17, 15) is 9.59 Å². The molecule has 7 heteroatoms. The molecule has 0 fully saturated rings. The molecule has 2 aromatic carbocycles. The van der Waals surface area contributed by atoms with Crippen LogP contribution < -0.4 is 16.3 Å². The van der Waals surface area contributed by atoms with Crippen LogP contribution in [0.3, 0.4) is 0 Å². The van der Waals surface area contributed by atoms with Gasteiger partial charge in [0, 0.05) is 16.1 Å². The van der Waals surface area contributed by atoms with Crippen molar-refractivity contribution < 1.29 is 9.21 Å². The smallest absolute Gasteiger partial charge is 0.343 e. The predicted molar refractivity (Wildman–Crippen MR) is 97.4 cm³/mol. The summed E-state index contributed by atoms with van der Waals surface area (Å²) in [7, 11) is 0. The highest BCUT2D eigenvalue weighted by atomic mass is 35.5. The molecule has 1 aliphatic heterocycles. The fourth-order valence-electron chi connectivity index (χ4n) is 3.03. The van der Waals surface area contributed by atoms with Crippen molar-refractivity contribution in [2.75, 3.05) is 5.32 Å². The third kappa shape index (κ3) is 2.56. The Balaban J connectivity index is 1.91. The summed E-state index contributed by atoms with van der Waals surface area (Å²) in [5.41, 5.74) is -0.0678. The lowest BCUT2D eigenvalue weighted by molar-refractivity contribution is 0.0905. The molecule has 2 heterocycles. The Hall–Kier alpha value is -2.50. The molecule has 3 aromatic rings. The minimum atomic E-state index is -1.13. The average Bonchev–Trinajstić information content (AvgIpc) is 2.55. The van der Waals surface area contributed by atoms with E-state index in [0.717, 1.165) is 0 Å². The van der Waals surface area contributed by atoms with Crippen molar-refractivity contribution in [3.63, 3.8) is 0 Å². The maximum Gasteiger partial charge on any atom is 0.343 e. The molecule has 0 saturated heterocycles. The normalized spacial score (nSPS) is 19.2. The second kappa shape index (κ2) is 5.51. The van der Waals surface area contributed by atoms with Gasteiger partial charge in [-0.05, 0) is 37.3 Å². The summed E-state index contributed by atoms with van der Waals surface area (Å²) in [6, 6.07) is 11.9. The highest BCUT2D eigenvalue weighted by molar-refractivity contribution is 6.38. The number of halogens is 2. The van der Waals surface area contributed by atoms with Gasteiger partial charge in [-0.2, -0.15) is 0 Å². The third-order valence-electron chi connectivity index (χ3n) is 4.21. The Bertz CT molecular complexity index is 1090. The van der Waals surface area contributed by atoms with Gasteiger partial charge in [0.15, 0.2) is 5.58 Å². The molecule has 2 N–H and O–H groups in total. The van der Waals surface area contributed by atoms with E-state index in [1.807, 2.05) is 6.07 Å². The van der Waals surface area contributed by atoms with Crippen LogP contribution in [0.1, 0.15) is 22.8 Å². The number of fused-ring (bicyclic) bond motifs is 2. The van der Waals surface area contributed by atoms with Gasteiger partial charge in [-0.25, -0.2) is 4.79 Å². The number of carbonyl (C=O) groups is 1. The van der Waals surface area contributed by atoms with Crippen molar-refractivity contribution in [3.8, 4) is 0 Å². The first kappa shape index (κ1) is 16.0. The molecular weight excluding hydrogens is 363 g/mol. The van der Waals surface area contributed by atoms with E-state index in [-0.39, 0.29) is 22.1 Å². The maximum absolute atomic E-state index is 12.5. The van der Waals surface area contributed by atoms with E-state index >= 15 is 0 Å². The Labute approximate surface area is 152 Å². The van der Waals surface area contributed by atoms with E-state index < -0.39 is 11.3 Å². The molecule has 0 aliphatic carbocycles. The van der Waals surface area contributed by atoms with Crippen molar-refractivity contribution in [2.24, 2.45) is 0 Å². The van der Waals surface area contributed by atoms with Crippen LogP contribution in [0.4, 0.5) is 5.69 Å². The van der Waals surface area contributed by atoms with E-state index in [0.29, 0.717) is 21.7 Å². The molecule has 4 rings (SSSR count). The Kier molecular flexibility index (Phi) is 3.52. The molecule has 0 spiro atoms. The van der Waals surface area contributed by atoms with Gasteiger partial charge in [-0.1, -0.05) is 35.3 Å². The Morgan fingerprint density at radius 1 is 1.04 bits per heavy atom. The molecule has 1 unspecified atom stereocenters. The van der Waals surface area contributed by atoms with Crippen LogP contribution in [0, 0.1) is 0 Å². The molecular formula is C18H12Cl2N2O3. The first-order chi connectivity index (χ1) is 11.9. The van der Waals surface area contributed by atoms with E-state index in [4.69, 9.17) is 27.6 Å². The van der Waals surface area contributed by atoms with Gasteiger partial charge in [0.25, 0.3) is 5.91 Å². The summed E-state index contributed by atoms with van der Waals surface area (Å²) < 4.78 is 5.38. The number of anilines is 1. The van der Waals surface area contributed by atoms with Crippen LogP contribution in [0.15, 0.2) is 51.7 Å². The van der Waals surface area contributed by atoms with Crippen molar-refractivity contribution in [3.05, 3.63) is 74.1 Å². The molecule has 126 valence electrons. The summed E-state index contributed by atoms with van der Waals surface area (Å²) in [5, 5.41) is 7.27. The highest BCUT2D eigenvalue weighted by Gasteiger charge is 2.37. The third-order valence-corrected chi connectivity index (χ3v) is 4.71. The summed E-state index contributed by atoms with van der Waals surface area (Å²) in [5.74, 6) is -0.277. The van der Waals surface area contributed by atoms with Crippen LogP contribution in [0.25, 0.3) is 11.0 Å². The zero-order chi connectivity index (χ0) is 17.8. The number of hydrogen-bond donors (Lipinski definition) is 2. The van der Waals surface area contributed by atoms with Crippen molar-refractivity contribution in [1.29, 1.82) is 0 Å². The Morgan fingerprint density at radius 2 is 1.80 bits per heavy atom. The number of para-hydroxylation sites is 1. The van der Waals surface area contributed by atoms with E-state index in [2.05, 4.69) is 10.6 Å². The molecule has 1 aliphatic rings. The van der Waals surface area contributed by atoms with Gasteiger partial charge in [0.1, 0.15) is 5.66 Å². The fraction of sp³-hybridized carbons (Fsp3) is 0.111. The van der Waals surface area contributed by atoms with Crippen LogP contribution in [0.5, 0.6) is 0 Å². The quantitative estimate of drug-likeness (QED) is 0.628. The second-order valence-electron chi connectivity index (χ2n) is 6.00. The predicted octanol–water partition coefficient (Wildman–Crippen LogP) is 4.13. The lowest BCUT2D eigenvalue weighted by Crippen LogP contribution is -2.54. The summed E-state index contributed by atoms with van der Waals surface area (Å²) in [4.78, 5) is 25.0. The number of benzene rings is 2. The molecule has 1 atom stereocenters. The van der Waals surface area contributed by atoms with Gasteiger partial charge in [0.05, 0.1) is 16.1 Å². The number of rotatable bonds is 1. The van der Waals surface area contributed by atoms with Gasteiger partial charge >= 0.3 is 5.63 Å². The average molecular weight is 375 g/mol. The van der Waals surface area contributed by atoms with Gasteiger partial charge in [-0.15, -0.1) is 0 Å². The highest BCUT2D eigenvalue weighted by Crippen LogP contribution is 2.33. The topological polar surface area (TPSA) is 71.3 Å². The zero-order valence-electron chi connectivity index (χ0n) is 13.0. The number of carbonyl (C=O) groups excluding carboxylic acids is 1. The number of amides is 1. The standard InChI is InChI=1S/C18H12Cl2N2O3/c1-18(21-14-5-3-2-4-11(14)16(23)22-18)12-7-9-6-10(19)8-13(20)15(9)25-17(12)24/h2-8,21H,1H3,(H,22,23). The molecule has 0 radical (unpaired) electrons. The molecule has 1 amide bonds. The van der Waals surface area contributed by atoms with Gasteiger partial charge in [0.2, 0.25) is 0 Å². The van der Waals surface area contributed by atoms with Crippen LogP contribution in [0.2, 0.25) is 10.0 Å². The summed E-state index contributed by atoms with van der Waals surface area (Å²) in [6.07, 6.45) is 0. The number of hydrogen-bond acceptors (Lipinski definition) is 4. The monoisotopic (exact) mass is 374 g/mol. The summed E-state index contributed by atoms with van der Waals surface area (Å²) in [6.45, 7) is 1.70. The SMILES string of the molecule is CC1(c2cc3cc(Cl)cc(Cl)c3oc2=O)NC(=O)c2ccccc2N1. The molecule has 25 heavy (non-hydrogen) atoms. The van der Waals surface area contributed by atoms with E-state index in [1.165, 1.54) is 6.07 Å². The van der Waals surface area contributed by atoms with Gasteiger partial charge in [-0.3, -0.25) is 4.79 Å². The minimum absolute atomic E-state index is 0.251. The molecule has 0 bridgehead atoms. The summed E-state index contributed by atoms with van der Waals surface area (Å²) >= 11 is 12.1. The fourth-order valence-corrected chi connectivity index (χ4v) is 3.57. The van der Waals surface area contributed by atoms with Crippen molar-refractivity contribution in [2.45, 2.75) is 12.6 Å². The Morgan fingerprint density at radius 3 is 2.60 bits per heavy atom. The van der Waals surface area contributed by atoms with Crippen molar-refractivity contribution >= 4 is 45.8 Å². The largest absolute Gasteiger partial charge is 0.421 e. The van der Waals surface area contributed by atoms with Crippen LogP contribution in [-0.2, 0) is 5.66 Å². The second-order valence-corrected chi connectivity index (χ2v) is 6.85.